The third-order valence-corrected chi connectivity index (χ3v) is 4.46. The van der Waals surface area contributed by atoms with Crippen LogP contribution in [0.5, 0.6) is 5.75 Å². The zero-order valence-electron chi connectivity index (χ0n) is 15.3. The highest BCUT2D eigenvalue weighted by molar-refractivity contribution is 6.08. The van der Waals surface area contributed by atoms with Crippen molar-refractivity contribution < 1.29 is 27.8 Å². The number of carbonyl (C=O) groups excluding carboxylic acids is 2. The molecule has 1 heterocycles. The van der Waals surface area contributed by atoms with Gasteiger partial charge in [0.1, 0.15) is 5.75 Å². The Labute approximate surface area is 161 Å². The highest BCUT2D eigenvalue weighted by Gasteiger charge is 2.21. The predicted molar refractivity (Wildman–Crippen MR) is 100 cm³/mol. The van der Waals surface area contributed by atoms with Crippen LogP contribution in [-0.4, -0.2) is 38.7 Å². The lowest BCUT2D eigenvalue weighted by molar-refractivity contribution is -0.0501. The number of ether oxygens (including phenoxy) is 2. The lowest BCUT2D eigenvalue weighted by Gasteiger charge is -2.22. The number of benzene rings is 2. The van der Waals surface area contributed by atoms with Gasteiger partial charge in [-0.05, 0) is 43.2 Å². The number of methoxy groups -OCH3 is 1. The summed E-state index contributed by atoms with van der Waals surface area (Å²) in [7, 11) is 1.27. The number of hydrogen-bond donors (Lipinski definition) is 1. The number of esters is 1. The summed E-state index contributed by atoms with van der Waals surface area (Å²) in [6.07, 6.45) is 2.05. The van der Waals surface area contributed by atoms with Gasteiger partial charge in [-0.1, -0.05) is 12.1 Å². The number of hydrogen-bond acceptors (Lipinski definition) is 5. The van der Waals surface area contributed by atoms with E-state index in [0.717, 1.165) is 31.6 Å². The Kier molecular flexibility index (Phi) is 6.08. The van der Waals surface area contributed by atoms with Crippen LogP contribution in [0, 0.1) is 0 Å². The number of nitrogens with zero attached hydrogens (tertiary/aromatic N) is 1. The Hall–Kier alpha value is -3.16. The average Bonchev–Trinajstić information content (AvgIpc) is 3.21. The van der Waals surface area contributed by atoms with Crippen LogP contribution < -0.4 is 15.0 Å². The quantitative estimate of drug-likeness (QED) is 0.757. The maximum absolute atomic E-state index is 12.8. The fourth-order valence-electron chi connectivity index (χ4n) is 3.16. The van der Waals surface area contributed by atoms with Crippen molar-refractivity contribution in [2.24, 2.45) is 0 Å². The molecule has 28 heavy (non-hydrogen) atoms. The Morgan fingerprint density at radius 3 is 2.50 bits per heavy atom. The van der Waals surface area contributed by atoms with E-state index in [-0.39, 0.29) is 16.9 Å². The summed E-state index contributed by atoms with van der Waals surface area (Å²) in [6, 6.07) is 10.6. The van der Waals surface area contributed by atoms with E-state index in [1.54, 1.807) is 18.2 Å². The molecule has 2 aromatic rings. The molecule has 0 aromatic heterocycles. The van der Waals surface area contributed by atoms with Crippen LogP contribution in [0.2, 0.25) is 0 Å². The van der Waals surface area contributed by atoms with Gasteiger partial charge in [0.05, 0.1) is 29.6 Å². The van der Waals surface area contributed by atoms with E-state index in [4.69, 9.17) is 4.74 Å². The molecule has 0 unspecified atom stereocenters. The summed E-state index contributed by atoms with van der Waals surface area (Å²) in [6.45, 7) is -1.39. The van der Waals surface area contributed by atoms with Gasteiger partial charge in [0.2, 0.25) is 0 Å². The first kappa shape index (κ1) is 19.6. The van der Waals surface area contributed by atoms with Gasteiger partial charge in [0, 0.05) is 13.1 Å². The molecule has 0 spiro atoms. The van der Waals surface area contributed by atoms with Crippen LogP contribution in [0.1, 0.15) is 33.6 Å². The molecule has 2 aromatic carbocycles. The van der Waals surface area contributed by atoms with Crippen LogP contribution in [0.15, 0.2) is 42.5 Å². The highest BCUT2D eigenvalue weighted by atomic mass is 19.3. The normalized spacial score (nSPS) is 13.5. The second-order valence-electron chi connectivity index (χ2n) is 6.25. The van der Waals surface area contributed by atoms with Crippen molar-refractivity contribution >= 4 is 23.3 Å². The standard InChI is InChI=1S/C20H20F2N2O4/c1-27-19(26)13-8-9-16(24-10-4-5-11-24)15(12-13)23-18(25)14-6-2-3-7-17(14)28-20(21)22/h2-3,6-9,12,20H,4-5,10-11H2,1H3,(H,23,25). The molecule has 1 amide bonds. The van der Waals surface area contributed by atoms with Crippen LogP contribution in [0.25, 0.3) is 0 Å². The lowest BCUT2D eigenvalue weighted by Crippen LogP contribution is -2.22. The molecule has 0 radical (unpaired) electrons. The number of alkyl halides is 2. The summed E-state index contributed by atoms with van der Waals surface area (Å²) in [5.74, 6) is -1.37. The molecule has 0 atom stereocenters. The van der Waals surface area contributed by atoms with Gasteiger partial charge < -0.3 is 19.7 Å². The van der Waals surface area contributed by atoms with Crippen molar-refractivity contribution in [2.75, 3.05) is 30.4 Å². The monoisotopic (exact) mass is 390 g/mol. The number of para-hydroxylation sites is 1. The number of halogens is 2. The molecule has 6 nitrogen and oxygen atoms in total. The fourth-order valence-corrected chi connectivity index (χ4v) is 3.16. The van der Waals surface area contributed by atoms with Crippen molar-refractivity contribution in [2.45, 2.75) is 19.5 Å². The minimum Gasteiger partial charge on any atom is -0.465 e. The van der Waals surface area contributed by atoms with E-state index in [9.17, 15) is 18.4 Å². The smallest absolute Gasteiger partial charge is 0.387 e. The Bertz CT molecular complexity index is 867. The molecule has 0 saturated carbocycles. The Morgan fingerprint density at radius 1 is 1.11 bits per heavy atom. The van der Waals surface area contributed by atoms with Crippen molar-refractivity contribution in [1.82, 2.24) is 0 Å². The average molecular weight is 390 g/mol. The van der Waals surface area contributed by atoms with Gasteiger partial charge in [-0.15, -0.1) is 0 Å². The molecule has 1 aliphatic rings. The maximum Gasteiger partial charge on any atom is 0.387 e. The zero-order valence-corrected chi connectivity index (χ0v) is 15.3. The molecule has 8 heteroatoms. The highest BCUT2D eigenvalue weighted by Crippen LogP contribution is 2.31. The summed E-state index contributed by atoms with van der Waals surface area (Å²) in [5.41, 5.74) is 1.41. The third-order valence-electron chi connectivity index (χ3n) is 4.46. The molecule has 0 aliphatic carbocycles. The number of rotatable bonds is 6. The summed E-state index contributed by atoms with van der Waals surface area (Å²) in [4.78, 5) is 26.7. The molecule has 1 aliphatic heterocycles. The van der Waals surface area contributed by atoms with Crippen molar-refractivity contribution in [3.8, 4) is 5.75 Å². The summed E-state index contributed by atoms with van der Waals surface area (Å²) in [5, 5.41) is 2.72. The van der Waals surface area contributed by atoms with Crippen LogP contribution in [0.4, 0.5) is 20.2 Å². The molecule has 0 bridgehead atoms. The molecular formula is C20H20F2N2O4. The maximum atomic E-state index is 12.8. The zero-order chi connectivity index (χ0) is 20.1. The second kappa shape index (κ2) is 8.69. The lowest BCUT2D eigenvalue weighted by atomic mass is 10.1. The molecule has 1 saturated heterocycles. The van der Waals surface area contributed by atoms with Gasteiger partial charge in [-0.25, -0.2) is 4.79 Å². The van der Waals surface area contributed by atoms with Gasteiger partial charge >= 0.3 is 12.6 Å². The summed E-state index contributed by atoms with van der Waals surface area (Å²) < 4.78 is 34.4. The molecule has 148 valence electrons. The van der Waals surface area contributed by atoms with E-state index in [2.05, 4.69) is 15.0 Å². The third kappa shape index (κ3) is 4.39. The number of amides is 1. The first-order valence-electron chi connectivity index (χ1n) is 8.82. The largest absolute Gasteiger partial charge is 0.465 e. The molecule has 1 fully saturated rings. The van der Waals surface area contributed by atoms with Crippen LogP contribution in [-0.2, 0) is 4.74 Å². The SMILES string of the molecule is COC(=O)c1ccc(N2CCCC2)c(NC(=O)c2ccccc2OC(F)F)c1. The number of carbonyl (C=O) groups is 2. The Balaban J connectivity index is 1.93. The molecule has 1 N–H and O–H groups in total. The molecular weight excluding hydrogens is 370 g/mol. The minimum atomic E-state index is -3.04. The van der Waals surface area contributed by atoms with E-state index in [1.165, 1.54) is 31.4 Å². The fraction of sp³-hybridized carbons (Fsp3) is 0.300. The van der Waals surface area contributed by atoms with E-state index >= 15 is 0 Å². The van der Waals surface area contributed by atoms with E-state index in [1.807, 2.05) is 0 Å². The van der Waals surface area contributed by atoms with Gasteiger partial charge in [-0.3, -0.25) is 4.79 Å². The molecule has 3 rings (SSSR count). The van der Waals surface area contributed by atoms with Crippen molar-refractivity contribution in [3.05, 3.63) is 53.6 Å². The van der Waals surface area contributed by atoms with Crippen LogP contribution >= 0.6 is 0 Å². The van der Waals surface area contributed by atoms with Gasteiger partial charge in [-0.2, -0.15) is 8.78 Å². The first-order valence-corrected chi connectivity index (χ1v) is 8.82. The van der Waals surface area contributed by atoms with Gasteiger partial charge in [0.15, 0.2) is 0 Å². The van der Waals surface area contributed by atoms with Gasteiger partial charge in [0.25, 0.3) is 5.91 Å². The predicted octanol–water partition coefficient (Wildman–Crippen LogP) is 3.93. The number of anilines is 2. The summed E-state index contributed by atoms with van der Waals surface area (Å²) >= 11 is 0. The van der Waals surface area contributed by atoms with Crippen molar-refractivity contribution in [1.29, 1.82) is 0 Å². The topological polar surface area (TPSA) is 67.9 Å². The van der Waals surface area contributed by atoms with E-state index in [0.29, 0.717) is 5.69 Å². The van der Waals surface area contributed by atoms with Crippen LogP contribution in [0.3, 0.4) is 0 Å². The first-order chi connectivity index (χ1) is 13.5. The minimum absolute atomic E-state index is 0.0290. The Morgan fingerprint density at radius 2 is 1.82 bits per heavy atom. The number of nitrogens with one attached hydrogen (secondary N) is 1. The van der Waals surface area contributed by atoms with E-state index < -0.39 is 18.5 Å². The second-order valence-corrected chi connectivity index (χ2v) is 6.25. The van der Waals surface area contributed by atoms with Crippen molar-refractivity contribution in [3.63, 3.8) is 0 Å².